The quantitative estimate of drug-likeness (QED) is 0.219. The van der Waals surface area contributed by atoms with Crippen LogP contribution in [-0.2, 0) is 0 Å². The van der Waals surface area contributed by atoms with E-state index in [0.29, 0.717) is 6.04 Å². The van der Waals surface area contributed by atoms with Crippen molar-refractivity contribution >= 4 is 29.9 Å². The number of aliphatic hydroxyl groups excluding tert-OH is 1. The molecule has 0 amide bonds. The van der Waals surface area contributed by atoms with Gasteiger partial charge in [-0.1, -0.05) is 6.92 Å². The molecule has 0 aromatic carbocycles. The highest BCUT2D eigenvalue weighted by Gasteiger charge is 2.22. The van der Waals surface area contributed by atoms with Crippen molar-refractivity contribution in [3.63, 3.8) is 0 Å². The molecule has 2 rings (SSSR count). The number of nitrogens with one attached hydrogen (secondary N) is 2. The SMILES string of the molecule is CCNC(=NCC1CCCN1CC)NCCCN1CCC(O)CC1.I. The Morgan fingerprint density at radius 3 is 2.56 bits per heavy atom. The first-order valence-corrected chi connectivity index (χ1v) is 9.89. The first-order valence-electron chi connectivity index (χ1n) is 9.89. The van der Waals surface area contributed by atoms with Gasteiger partial charge in [0.05, 0.1) is 12.6 Å². The van der Waals surface area contributed by atoms with E-state index in [2.05, 4.69) is 34.3 Å². The largest absolute Gasteiger partial charge is 0.393 e. The zero-order chi connectivity index (χ0) is 17.2. The van der Waals surface area contributed by atoms with Crippen molar-refractivity contribution in [1.82, 2.24) is 20.4 Å². The van der Waals surface area contributed by atoms with Gasteiger partial charge in [-0.25, -0.2) is 0 Å². The summed E-state index contributed by atoms with van der Waals surface area (Å²) in [4.78, 5) is 9.79. The van der Waals surface area contributed by atoms with E-state index >= 15 is 0 Å². The molecule has 0 aromatic heterocycles. The Balaban J connectivity index is 0.00000312. The third-order valence-electron chi connectivity index (χ3n) is 5.21. The molecule has 2 aliphatic rings. The lowest BCUT2D eigenvalue weighted by atomic mass is 10.1. The van der Waals surface area contributed by atoms with Gasteiger partial charge in [-0.3, -0.25) is 9.89 Å². The Kier molecular flexibility index (Phi) is 12.0. The van der Waals surface area contributed by atoms with Crippen molar-refractivity contribution in [2.75, 3.05) is 52.4 Å². The van der Waals surface area contributed by atoms with Gasteiger partial charge < -0.3 is 20.6 Å². The molecule has 7 heteroatoms. The van der Waals surface area contributed by atoms with Crippen molar-refractivity contribution in [1.29, 1.82) is 0 Å². The summed E-state index contributed by atoms with van der Waals surface area (Å²) in [5.74, 6) is 0.953. The maximum atomic E-state index is 9.55. The van der Waals surface area contributed by atoms with E-state index in [1.54, 1.807) is 0 Å². The lowest BCUT2D eigenvalue weighted by Gasteiger charge is -2.29. The molecule has 0 saturated carbocycles. The Bertz CT molecular complexity index is 374. The molecule has 148 valence electrons. The number of halogens is 1. The third-order valence-corrected chi connectivity index (χ3v) is 5.21. The lowest BCUT2D eigenvalue weighted by Crippen LogP contribution is -2.41. The van der Waals surface area contributed by atoms with E-state index in [4.69, 9.17) is 4.99 Å². The van der Waals surface area contributed by atoms with E-state index in [0.717, 1.165) is 71.0 Å². The summed E-state index contributed by atoms with van der Waals surface area (Å²) >= 11 is 0. The molecule has 2 saturated heterocycles. The summed E-state index contributed by atoms with van der Waals surface area (Å²) < 4.78 is 0. The molecule has 0 spiro atoms. The van der Waals surface area contributed by atoms with E-state index in [-0.39, 0.29) is 30.1 Å². The van der Waals surface area contributed by atoms with Gasteiger partial charge in [-0.05, 0) is 58.7 Å². The number of guanidine groups is 1. The maximum absolute atomic E-state index is 9.55. The highest BCUT2D eigenvalue weighted by molar-refractivity contribution is 14.0. The molecule has 1 unspecified atom stereocenters. The molecule has 2 aliphatic heterocycles. The van der Waals surface area contributed by atoms with E-state index in [9.17, 15) is 5.11 Å². The number of aliphatic imine (C=N–C) groups is 1. The van der Waals surface area contributed by atoms with Gasteiger partial charge in [0.1, 0.15) is 0 Å². The molecule has 6 nitrogen and oxygen atoms in total. The minimum Gasteiger partial charge on any atom is -0.393 e. The van der Waals surface area contributed by atoms with Gasteiger partial charge in [0.2, 0.25) is 0 Å². The predicted molar refractivity (Wildman–Crippen MR) is 116 cm³/mol. The summed E-state index contributed by atoms with van der Waals surface area (Å²) in [5, 5.41) is 16.4. The van der Waals surface area contributed by atoms with Crippen LogP contribution in [0.15, 0.2) is 4.99 Å². The van der Waals surface area contributed by atoms with Crippen molar-refractivity contribution in [2.45, 2.75) is 58.1 Å². The van der Waals surface area contributed by atoms with Gasteiger partial charge in [-0.15, -0.1) is 24.0 Å². The summed E-state index contributed by atoms with van der Waals surface area (Å²) in [6.07, 6.45) is 5.47. The molecule has 0 aromatic rings. The summed E-state index contributed by atoms with van der Waals surface area (Å²) in [7, 11) is 0. The maximum Gasteiger partial charge on any atom is 0.191 e. The van der Waals surface area contributed by atoms with Gasteiger partial charge >= 0.3 is 0 Å². The van der Waals surface area contributed by atoms with Crippen molar-refractivity contribution in [3.05, 3.63) is 0 Å². The average molecular weight is 467 g/mol. The lowest BCUT2D eigenvalue weighted by molar-refractivity contribution is 0.0823. The molecular formula is C18H38IN5O. The highest BCUT2D eigenvalue weighted by Crippen LogP contribution is 2.16. The van der Waals surface area contributed by atoms with Gasteiger partial charge in [0, 0.05) is 32.2 Å². The standard InChI is InChI=1S/C18H37N5O.HI/c1-3-19-18(21-15-16-7-5-12-23(16)4-2)20-10-6-11-22-13-8-17(24)9-14-22;/h16-17,24H,3-15H2,1-2H3,(H2,19,20,21);1H. The second kappa shape index (κ2) is 13.1. The average Bonchev–Trinajstić information content (AvgIpc) is 3.05. The fourth-order valence-corrected chi connectivity index (χ4v) is 3.71. The second-order valence-corrected chi connectivity index (χ2v) is 7.00. The smallest absolute Gasteiger partial charge is 0.191 e. The fraction of sp³-hybridized carbons (Fsp3) is 0.944. The highest BCUT2D eigenvalue weighted by atomic mass is 127. The third kappa shape index (κ3) is 8.41. The van der Waals surface area contributed by atoms with Gasteiger partial charge in [-0.2, -0.15) is 0 Å². The van der Waals surface area contributed by atoms with Crippen LogP contribution in [0.4, 0.5) is 0 Å². The summed E-state index contributed by atoms with van der Waals surface area (Å²) in [6, 6.07) is 0.616. The second-order valence-electron chi connectivity index (χ2n) is 7.00. The first kappa shape index (κ1) is 22.9. The molecule has 0 bridgehead atoms. The van der Waals surface area contributed by atoms with Gasteiger partial charge in [0.25, 0.3) is 0 Å². The van der Waals surface area contributed by atoms with Crippen molar-refractivity contribution in [2.24, 2.45) is 4.99 Å². The van der Waals surface area contributed by atoms with Crippen LogP contribution in [0.2, 0.25) is 0 Å². The number of hydrogen-bond donors (Lipinski definition) is 3. The Labute approximate surface area is 170 Å². The molecule has 0 radical (unpaired) electrons. The van der Waals surface area contributed by atoms with Crippen molar-refractivity contribution in [3.8, 4) is 0 Å². The molecule has 25 heavy (non-hydrogen) atoms. The van der Waals surface area contributed by atoms with E-state index < -0.39 is 0 Å². The molecular weight excluding hydrogens is 429 g/mol. The van der Waals surface area contributed by atoms with Crippen LogP contribution in [-0.4, -0.2) is 85.4 Å². The summed E-state index contributed by atoms with van der Waals surface area (Å²) in [5.41, 5.74) is 0. The number of nitrogens with zero attached hydrogens (tertiary/aromatic N) is 3. The van der Waals surface area contributed by atoms with E-state index in [1.807, 2.05) is 0 Å². The number of likely N-dealkylation sites (tertiary alicyclic amines) is 2. The molecule has 2 fully saturated rings. The topological polar surface area (TPSA) is 63.1 Å². The first-order chi connectivity index (χ1) is 11.7. The zero-order valence-corrected chi connectivity index (χ0v) is 18.4. The predicted octanol–water partition coefficient (Wildman–Crippen LogP) is 1.49. The Hall–Kier alpha value is -0.120. The van der Waals surface area contributed by atoms with Crippen LogP contribution >= 0.6 is 24.0 Å². The van der Waals surface area contributed by atoms with Crippen molar-refractivity contribution < 1.29 is 5.11 Å². The number of hydrogen-bond acceptors (Lipinski definition) is 4. The molecule has 1 atom stereocenters. The number of piperidine rings is 1. The normalized spacial score (nSPS) is 23.5. The number of aliphatic hydroxyl groups is 1. The molecule has 2 heterocycles. The Morgan fingerprint density at radius 1 is 1.12 bits per heavy atom. The monoisotopic (exact) mass is 467 g/mol. The Morgan fingerprint density at radius 2 is 1.88 bits per heavy atom. The van der Waals surface area contributed by atoms with Crippen LogP contribution in [0, 0.1) is 0 Å². The molecule has 0 aliphatic carbocycles. The van der Waals surface area contributed by atoms with Crippen LogP contribution in [0.3, 0.4) is 0 Å². The number of rotatable bonds is 8. The fourth-order valence-electron chi connectivity index (χ4n) is 3.71. The van der Waals surface area contributed by atoms with Crippen LogP contribution in [0.5, 0.6) is 0 Å². The van der Waals surface area contributed by atoms with Crippen LogP contribution < -0.4 is 10.6 Å². The van der Waals surface area contributed by atoms with Crippen LogP contribution in [0.1, 0.15) is 46.0 Å². The van der Waals surface area contributed by atoms with Crippen LogP contribution in [0.25, 0.3) is 0 Å². The number of likely N-dealkylation sites (N-methyl/N-ethyl adjacent to an activating group) is 1. The minimum atomic E-state index is -0.0786. The molecule has 3 N–H and O–H groups in total. The minimum absolute atomic E-state index is 0. The summed E-state index contributed by atoms with van der Waals surface area (Å²) in [6.45, 7) is 12.6. The van der Waals surface area contributed by atoms with Gasteiger partial charge in [0.15, 0.2) is 5.96 Å². The zero-order valence-electron chi connectivity index (χ0n) is 16.0. The van der Waals surface area contributed by atoms with E-state index in [1.165, 1.54) is 19.4 Å².